The molecule has 0 bridgehead atoms. The van der Waals surface area contributed by atoms with Gasteiger partial charge in [0.15, 0.2) is 0 Å². The summed E-state index contributed by atoms with van der Waals surface area (Å²) >= 11 is 0. The normalized spacial score (nSPS) is 17.0. The predicted octanol–water partition coefficient (Wildman–Crippen LogP) is 2.15. The third-order valence-electron chi connectivity index (χ3n) is 3.95. The van der Waals surface area contributed by atoms with Crippen LogP contribution in [-0.4, -0.2) is 43.2 Å². The van der Waals surface area contributed by atoms with E-state index in [0.717, 1.165) is 6.54 Å². The van der Waals surface area contributed by atoms with Gasteiger partial charge in [0.05, 0.1) is 19.3 Å². The summed E-state index contributed by atoms with van der Waals surface area (Å²) in [4.78, 5) is 14.1. The van der Waals surface area contributed by atoms with Crippen LogP contribution in [0.1, 0.15) is 37.8 Å². The lowest BCUT2D eigenvalue weighted by atomic mass is 10.0. The second kappa shape index (κ2) is 7.57. The maximum absolute atomic E-state index is 12.3. The van der Waals surface area contributed by atoms with E-state index in [1.807, 2.05) is 11.8 Å². The molecule has 1 atom stereocenters. The molecular weight excluding hydrogens is 264 g/mol. The van der Waals surface area contributed by atoms with E-state index in [0.29, 0.717) is 32.2 Å². The van der Waals surface area contributed by atoms with Crippen molar-refractivity contribution in [3.63, 3.8) is 0 Å². The molecule has 21 heavy (non-hydrogen) atoms. The highest BCUT2D eigenvalue weighted by Crippen LogP contribution is 2.14. The fourth-order valence-corrected chi connectivity index (χ4v) is 2.44. The second-order valence-electron chi connectivity index (χ2n) is 5.94. The van der Waals surface area contributed by atoms with Crippen LogP contribution in [0.4, 0.5) is 0 Å². The minimum absolute atomic E-state index is 0.159. The zero-order valence-corrected chi connectivity index (χ0v) is 13.3. The number of amides is 1. The zero-order chi connectivity index (χ0) is 15.2. The molecule has 1 aromatic rings. The van der Waals surface area contributed by atoms with Gasteiger partial charge in [-0.05, 0) is 24.0 Å². The van der Waals surface area contributed by atoms with Gasteiger partial charge in [-0.3, -0.25) is 4.79 Å². The van der Waals surface area contributed by atoms with E-state index in [-0.39, 0.29) is 11.9 Å². The average Bonchev–Trinajstić information content (AvgIpc) is 2.53. The molecule has 2 rings (SSSR count). The molecule has 1 saturated heterocycles. The predicted molar refractivity (Wildman–Crippen MR) is 84.2 cm³/mol. The van der Waals surface area contributed by atoms with Gasteiger partial charge >= 0.3 is 0 Å². The number of hydrogen-bond acceptors (Lipinski definition) is 3. The first-order valence-corrected chi connectivity index (χ1v) is 7.76. The lowest BCUT2D eigenvalue weighted by Gasteiger charge is -2.29. The van der Waals surface area contributed by atoms with Crippen LogP contribution < -0.4 is 5.32 Å². The number of ether oxygens (including phenoxy) is 1. The molecule has 4 heteroatoms. The molecule has 1 heterocycles. The Morgan fingerprint density at radius 1 is 1.19 bits per heavy atom. The van der Waals surface area contributed by atoms with E-state index < -0.39 is 0 Å². The quantitative estimate of drug-likeness (QED) is 0.903. The summed E-state index contributed by atoms with van der Waals surface area (Å²) in [7, 11) is 0. The topological polar surface area (TPSA) is 41.6 Å². The van der Waals surface area contributed by atoms with Crippen molar-refractivity contribution in [2.75, 3.05) is 26.3 Å². The van der Waals surface area contributed by atoms with E-state index in [1.165, 1.54) is 11.1 Å². The minimum atomic E-state index is -0.159. The lowest BCUT2D eigenvalue weighted by Crippen LogP contribution is -2.49. The Kier molecular flexibility index (Phi) is 5.76. The smallest absolute Gasteiger partial charge is 0.239 e. The van der Waals surface area contributed by atoms with E-state index in [9.17, 15) is 4.79 Å². The molecule has 1 N–H and O–H groups in total. The van der Waals surface area contributed by atoms with Gasteiger partial charge in [0.25, 0.3) is 0 Å². The van der Waals surface area contributed by atoms with Crippen LogP contribution in [-0.2, 0) is 16.1 Å². The number of nitrogens with one attached hydrogen (secondary N) is 1. The number of morpholine rings is 1. The van der Waals surface area contributed by atoms with Crippen molar-refractivity contribution >= 4 is 5.91 Å². The number of carbonyl (C=O) groups is 1. The molecule has 1 fully saturated rings. The molecule has 0 radical (unpaired) electrons. The molecule has 1 aromatic carbocycles. The van der Waals surface area contributed by atoms with Gasteiger partial charge in [0.1, 0.15) is 0 Å². The Morgan fingerprint density at radius 2 is 1.81 bits per heavy atom. The molecule has 1 amide bonds. The van der Waals surface area contributed by atoms with Gasteiger partial charge in [-0.15, -0.1) is 0 Å². The van der Waals surface area contributed by atoms with Crippen molar-refractivity contribution in [3.05, 3.63) is 35.4 Å². The first-order chi connectivity index (χ1) is 10.1. The molecule has 0 aromatic heterocycles. The van der Waals surface area contributed by atoms with Crippen molar-refractivity contribution < 1.29 is 9.53 Å². The number of benzene rings is 1. The van der Waals surface area contributed by atoms with Gasteiger partial charge in [-0.2, -0.15) is 0 Å². The molecule has 0 spiro atoms. The summed E-state index contributed by atoms with van der Waals surface area (Å²) in [5.41, 5.74) is 2.55. The van der Waals surface area contributed by atoms with Gasteiger partial charge in [-0.1, -0.05) is 38.1 Å². The highest BCUT2D eigenvalue weighted by atomic mass is 16.5. The standard InChI is InChI=1S/C17H26N2O2/c1-13(2)16-6-4-15(5-7-16)12-18-14(3)17(20)19-8-10-21-11-9-19/h4-7,13-14,18H,8-12H2,1-3H3. The summed E-state index contributed by atoms with van der Waals surface area (Å²) in [6.07, 6.45) is 0. The monoisotopic (exact) mass is 290 g/mol. The number of nitrogens with zero attached hydrogens (tertiary/aromatic N) is 1. The largest absolute Gasteiger partial charge is 0.378 e. The van der Waals surface area contributed by atoms with Crippen LogP contribution in [0.15, 0.2) is 24.3 Å². The van der Waals surface area contributed by atoms with Crippen molar-refractivity contribution in [2.45, 2.75) is 39.3 Å². The molecule has 1 aliphatic heterocycles. The summed E-state index contributed by atoms with van der Waals surface area (Å²) in [6, 6.07) is 8.43. The van der Waals surface area contributed by atoms with Crippen LogP contribution in [0.25, 0.3) is 0 Å². The van der Waals surface area contributed by atoms with E-state index in [1.54, 1.807) is 0 Å². The molecule has 1 unspecified atom stereocenters. The highest BCUT2D eigenvalue weighted by molar-refractivity contribution is 5.81. The third-order valence-corrected chi connectivity index (χ3v) is 3.95. The summed E-state index contributed by atoms with van der Waals surface area (Å²) in [6.45, 7) is 9.73. The molecule has 4 nitrogen and oxygen atoms in total. The zero-order valence-electron chi connectivity index (χ0n) is 13.3. The lowest BCUT2D eigenvalue weighted by molar-refractivity contribution is -0.137. The van der Waals surface area contributed by atoms with Crippen LogP contribution in [0.5, 0.6) is 0 Å². The SMILES string of the molecule is CC(NCc1ccc(C(C)C)cc1)C(=O)N1CCOCC1. The van der Waals surface area contributed by atoms with Crippen LogP contribution in [0.3, 0.4) is 0 Å². The second-order valence-corrected chi connectivity index (χ2v) is 5.94. The molecule has 1 aliphatic rings. The van der Waals surface area contributed by atoms with Gasteiger partial charge in [0.2, 0.25) is 5.91 Å². The molecular formula is C17H26N2O2. The van der Waals surface area contributed by atoms with Crippen molar-refractivity contribution in [3.8, 4) is 0 Å². The summed E-state index contributed by atoms with van der Waals surface area (Å²) in [5.74, 6) is 0.714. The maximum atomic E-state index is 12.3. The molecule has 0 aliphatic carbocycles. The van der Waals surface area contributed by atoms with E-state index in [4.69, 9.17) is 4.74 Å². The molecule has 116 valence electrons. The Bertz CT molecular complexity index is 450. The number of hydrogen-bond donors (Lipinski definition) is 1. The summed E-state index contributed by atoms with van der Waals surface area (Å²) < 4.78 is 5.28. The van der Waals surface area contributed by atoms with Crippen molar-refractivity contribution in [1.82, 2.24) is 10.2 Å². The summed E-state index contributed by atoms with van der Waals surface area (Å²) in [5, 5.41) is 3.31. The number of carbonyl (C=O) groups excluding carboxylic acids is 1. The Hall–Kier alpha value is -1.39. The van der Waals surface area contributed by atoms with Crippen LogP contribution >= 0.6 is 0 Å². The third kappa shape index (κ3) is 4.55. The van der Waals surface area contributed by atoms with Crippen molar-refractivity contribution in [2.24, 2.45) is 0 Å². The van der Waals surface area contributed by atoms with Crippen LogP contribution in [0, 0.1) is 0 Å². The molecule has 0 saturated carbocycles. The van der Waals surface area contributed by atoms with Gasteiger partial charge in [0, 0.05) is 19.6 Å². The van der Waals surface area contributed by atoms with E-state index in [2.05, 4.69) is 43.4 Å². The first kappa shape index (κ1) is 16.0. The first-order valence-electron chi connectivity index (χ1n) is 7.76. The fraction of sp³-hybridized carbons (Fsp3) is 0.588. The van der Waals surface area contributed by atoms with Gasteiger partial charge in [-0.25, -0.2) is 0 Å². The van der Waals surface area contributed by atoms with Crippen molar-refractivity contribution in [1.29, 1.82) is 0 Å². The Morgan fingerprint density at radius 3 is 2.38 bits per heavy atom. The minimum Gasteiger partial charge on any atom is -0.378 e. The Balaban J connectivity index is 1.82. The maximum Gasteiger partial charge on any atom is 0.239 e. The fourth-order valence-electron chi connectivity index (χ4n) is 2.44. The van der Waals surface area contributed by atoms with Crippen LogP contribution in [0.2, 0.25) is 0 Å². The average molecular weight is 290 g/mol. The highest BCUT2D eigenvalue weighted by Gasteiger charge is 2.21. The number of rotatable bonds is 5. The van der Waals surface area contributed by atoms with Gasteiger partial charge < -0.3 is 15.0 Å². The van der Waals surface area contributed by atoms with E-state index >= 15 is 0 Å². The Labute approximate surface area is 127 Å².